The number of fused-ring (bicyclic) bond motifs is 1. The third kappa shape index (κ3) is 3.17. The largest absolute Gasteiger partial charge is 0.467 e. The molecule has 2 amide bonds. The summed E-state index contributed by atoms with van der Waals surface area (Å²) in [5.41, 5.74) is 0.287. The molecule has 2 heterocycles. The SMILES string of the molecule is COC(=O)[C@]1(c2ccccc2)N[C@@H](c2ccccc2)[C@H]2C(=O)N(c3ccc(Cl)cc3)C(=O)[C@@H]21. The van der Waals surface area contributed by atoms with Crippen LogP contribution in [0.25, 0.3) is 0 Å². The number of hydrogen-bond donors (Lipinski definition) is 1. The minimum absolute atomic E-state index is 0.365. The molecule has 3 aromatic rings. The van der Waals surface area contributed by atoms with E-state index in [0.29, 0.717) is 16.3 Å². The van der Waals surface area contributed by atoms with Crippen LogP contribution in [0, 0.1) is 11.8 Å². The third-order valence-corrected chi connectivity index (χ3v) is 6.79. The Bertz CT molecular complexity index is 1220. The molecule has 33 heavy (non-hydrogen) atoms. The van der Waals surface area contributed by atoms with Gasteiger partial charge in [0, 0.05) is 11.1 Å². The van der Waals surface area contributed by atoms with E-state index in [9.17, 15) is 14.4 Å². The van der Waals surface area contributed by atoms with Gasteiger partial charge in [0.2, 0.25) is 11.8 Å². The van der Waals surface area contributed by atoms with Crippen LogP contribution < -0.4 is 10.2 Å². The molecule has 2 aliphatic heterocycles. The summed E-state index contributed by atoms with van der Waals surface area (Å²) < 4.78 is 5.22. The fraction of sp³-hybridized carbons (Fsp3) is 0.192. The lowest BCUT2D eigenvalue weighted by Crippen LogP contribution is -2.53. The highest BCUT2D eigenvalue weighted by atomic mass is 35.5. The van der Waals surface area contributed by atoms with Crippen LogP contribution in [0.15, 0.2) is 84.9 Å². The molecule has 0 radical (unpaired) electrons. The van der Waals surface area contributed by atoms with Crippen LogP contribution in [0.5, 0.6) is 0 Å². The predicted octanol–water partition coefficient (Wildman–Crippen LogP) is 3.86. The number of nitrogens with one attached hydrogen (secondary N) is 1. The second-order valence-corrected chi connectivity index (χ2v) is 8.63. The Morgan fingerprint density at radius 3 is 2.12 bits per heavy atom. The van der Waals surface area contributed by atoms with Gasteiger partial charge in [0.05, 0.1) is 24.6 Å². The quantitative estimate of drug-likeness (QED) is 0.472. The highest BCUT2D eigenvalue weighted by Gasteiger charge is 2.69. The van der Waals surface area contributed by atoms with E-state index < -0.39 is 35.3 Å². The number of methoxy groups -OCH3 is 1. The molecule has 7 heteroatoms. The van der Waals surface area contributed by atoms with Crippen molar-refractivity contribution >= 4 is 35.1 Å². The highest BCUT2D eigenvalue weighted by Crippen LogP contribution is 2.54. The zero-order valence-electron chi connectivity index (χ0n) is 17.8. The maximum atomic E-state index is 13.9. The molecule has 0 aliphatic carbocycles. The third-order valence-electron chi connectivity index (χ3n) is 6.54. The molecule has 0 spiro atoms. The van der Waals surface area contributed by atoms with Crippen molar-refractivity contribution in [1.82, 2.24) is 5.32 Å². The molecule has 2 aliphatic rings. The van der Waals surface area contributed by atoms with E-state index in [1.807, 2.05) is 36.4 Å². The summed E-state index contributed by atoms with van der Waals surface area (Å²) in [6.07, 6.45) is 0. The summed E-state index contributed by atoms with van der Waals surface area (Å²) in [6, 6.07) is 24.3. The van der Waals surface area contributed by atoms with Crippen LogP contribution in [0.3, 0.4) is 0 Å². The number of amides is 2. The Morgan fingerprint density at radius 1 is 0.909 bits per heavy atom. The molecular weight excluding hydrogens is 440 g/mol. The monoisotopic (exact) mass is 460 g/mol. The van der Waals surface area contributed by atoms with E-state index in [2.05, 4.69) is 5.32 Å². The standard InChI is InChI=1S/C26H21ClN2O4/c1-33-25(32)26(17-10-6-3-7-11-17)21-20(22(28-26)16-8-4-2-5-9-16)23(30)29(24(21)31)19-14-12-18(27)13-15-19/h2-15,20-22,28H,1H3/t20-,21+,22-,26+/m0/s1. The molecule has 1 N–H and O–H groups in total. The minimum Gasteiger partial charge on any atom is -0.467 e. The zero-order valence-corrected chi connectivity index (χ0v) is 18.5. The Hall–Kier alpha value is -3.48. The van der Waals surface area contributed by atoms with Gasteiger partial charge in [-0.25, -0.2) is 9.69 Å². The van der Waals surface area contributed by atoms with Crippen molar-refractivity contribution in [3.8, 4) is 0 Å². The van der Waals surface area contributed by atoms with Gasteiger partial charge in [-0.2, -0.15) is 0 Å². The normalized spacial score (nSPS) is 26.4. The number of esters is 1. The van der Waals surface area contributed by atoms with Crippen molar-refractivity contribution in [2.75, 3.05) is 12.0 Å². The lowest BCUT2D eigenvalue weighted by Gasteiger charge is -2.33. The molecular formula is C26H21ClN2O4. The number of anilines is 1. The van der Waals surface area contributed by atoms with Crippen molar-refractivity contribution < 1.29 is 19.1 Å². The van der Waals surface area contributed by atoms with E-state index in [-0.39, 0.29) is 5.91 Å². The number of benzene rings is 3. The average Bonchev–Trinajstić information content (AvgIpc) is 3.35. The molecule has 2 fully saturated rings. The maximum absolute atomic E-state index is 13.9. The number of ether oxygens (including phenoxy) is 1. The molecule has 0 bridgehead atoms. The predicted molar refractivity (Wildman–Crippen MR) is 123 cm³/mol. The maximum Gasteiger partial charge on any atom is 0.331 e. The Labute approximate surface area is 196 Å². The smallest absolute Gasteiger partial charge is 0.331 e. The number of halogens is 1. The average molecular weight is 461 g/mol. The first-order chi connectivity index (χ1) is 16.0. The summed E-state index contributed by atoms with van der Waals surface area (Å²) in [5, 5.41) is 3.86. The topological polar surface area (TPSA) is 75.7 Å². The fourth-order valence-corrected chi connectivity index (χ4v) is 5.26. The van der Waals surface area contributed by atoms with Crippen LogP contribution in [0.2, 0.25) is 5.02 Å². The summed E-state index contributed by atoms with van der Waals surface area (Å²) in [5.74, 6) is -3.21. The van der Waals surface area contributed by atoms with Crippen LogP contribution in [-0.2, 0) is 24.7 Å². The molecule has 5 rings (SSSR count). The van der Waals surface area contributed by atoms with Crippen LogP contribution >= 0.6 is 11.6 Å². The summed E-state index contributed by atoms with van der Waals surface area (Å²) >= 11 is 6.02. The van der Waals surface area contributed by atoms with Crippen molar-refractivity contribution in [3.05, 3.63) is 101 Å². The van der Waals surface area contributed by atoms with Crippen molar-refractivity contribution in [2.45, 2.75) is 11.6 Å². The fourth-order valence-electron chi connectivity index (χ4n) is 5.13. The number of imide groups is 1. The van der Waals surface area contributed by atoms with E-state index >= 15 is 0 Å². The summed E-state index contributed by atoms with van der Waals surface area (Å²) in [6.45, 7) is 0. The van der Waals surface area contributed by atoms with Gasteiger partial charge in [0.25, 0.3) is 0 Å². The highest BCUT2D eigenvalue weighted by molar-refractivity contribution is 6.31. The number of carbonyl (C=O) groups excluding carboxylic acids is 3. The van der Waals surface area contributed by atoms with Gasteiger partial charge in [-0.05, 0) is 35.4 Å². The molecule has 4 atom stereocenters. The van der Waals surface area contributed by atoms with E-state index in [0.717, 1.165) is 5.56 Å². The molecule has 0 aromatic heterocycles. The van der Waals surface area contributed by atoms with E-state index in [1.165, 1.54) is 12.0 Å². The van der Waals surface area contributed by atoms with Crippen molar-refractivity contribution in [3.63, 3.8) is 0 Å². The van der Waals surface area contributed by atoms with Gasteiger partial charge in [0.1, 0.15) is 0 Å². The molecule has 0 saturated carbocycles. The molecule has 2 saturated heterocycles. The van der Waals surface area contributed by atoms with Gasteiger partial charge in [-0.3, -0.25) is 14.9 Å². The Balaban J connectivity index is 1.72. The lowest BCUT2D eigenvalue weighted by atomic mass is 9.75. The van der Waals surface area contributed by atoms with Gasteiger partial charge >= 0.3 is 5.97 Å². The van der Waals surface area contributed by atoms with Gasteiger partial charge in [-0.1, -0.05) is 72.3 Å². The van der Waals surface area contributed by atoms with Crippen LogP contribution in [-0.4, -0.2) is 24.9 Å². The van der Waals surface area contributed by atoms with Crippen LogP contribution in [0.4, 0.5) is 5.69 Å². The molecule has 6 nitrogen and oxygen atoms in total. The van der Waals surface area contributed by atoms with E-state index in [4.69, 9.17) is 16.3 Å². The number of nitrogens with zero attached hydrogens (tertiary/aromatic N) is 1. The van der Waals surface area contributed by atoms with Gasteiger partial charge in [0.15, 0.2) is 5.54 Å². The second-order valence-electron chi connectivity index (χ2n) is 8.19. The first kappa shape index (κ1) is 21.4. The van der Waals surface area contributed by atoms with E-state index in [1.54, 1.807) is 48.5 Å². The Morgan fingerprint density at radius 2 is 1.52 bits per heavy atom. The minimum atomic E-state index is -1.52. The number of carbonyl (C=O) groups is 3. The van der Waals surface area contributed by atoms with Crippen LogP contribution in [0.1, 0.15) is 17.2 Å². The molecule has 0 unspecified atom stereocenters. The number of hydrogen-bond acceptors (Lipinski definition) is 5. The Kier molecular flexibility index (Phi) is 5.27. The van der Waals surface area contributed by atoms with Crippen molar-refractivity contribution in [2.24, 2.45) is 11.8 Å². The van der Waals surface area contributed by atoms with Gasteiger partial charge < -0.3 is 4.74 Å². The summed E-state index contributed by atoms with van der Waals surface area (Å²) in [7, 11) is 1.29. The summed E-state index contributed by atoms with van der Waals surface area (Å²) in [4.78, 5) is 42.3. The lowest BCUT2D eigenvalue weighted by molar-refractivity contribution is -0.152. The van der Waals surface area contributed by atoms with Crippen molar-refractivity contribution in [1.29, 1.82) is 0 Å². The van der Waals surface area contributed by atoms with Gasteiger partial charge in [-0.15, -0.1) is 0 Å². The molecule has 3 aromatic carbocycles. The zero-order chi connectivity index (χ0) is 23.2. The first-order valence-corrected chi connectivity index (χ1v) is 11.0. The molecule has 166 valence electrons. The number of rotatable bonds is 4. The first-order valence-electron chi connectivity index (χ1n) is 10.6. The second kappa shape index (κ2) is 8.14.